The molecule has 1 saturated heterocycles. The van der Waals surface area contributed by atoms with Crippen molar-refractivity contribution in [1.29, 1.82) is 0 Å². The molecule has 26 heavy (non-hydrogen) atoms. The van der Waals surface area contributed by atoms with Crippen molar-refractivity contribution in [1.82, 2.24) is 14.6 Å². The van der Waals surface area contributed by atoms with Crippen LogP contribution in [0.1, 0.15) is 38.5 Å². The number of aromatic nitrogens is 3. The minimum absolute atomic E-state index is 0.0743. The molecule has 8 nitrogen and oxygen atoms in total. The third-order valence-electron chi connectivity index (χ3n) is 4.21. The van der Waals surface area contributed by atoms with Crippen molar-refractivity contribution in [3.05, 3.63) is 24.2 Å². The van der Waals surface area contributed by atoms with Crippen molar-refractivity contribution in [2.75, 3.05) is 12.3 Å². The highest BCUT2D eigenvalue weighted by molar-refractivity contribution is 5.65. The van der Waals surface area contributed by atoms with Gasteiger partial charge in [-0.05, 0) is 38.8 Å². The molecule has 2 N–H and O–H groups in total. The zero-order chi connectivity index (χ0) is 18.9. The van der Waals surface area contributed by atoms with Gasteiger partial charge in [0.25, 0.3) is 6.43 Å². The van der Waals surface area contributed by atoms with Gasteiger partial charge in [0, 0.05) is 0 Å². The Morgan fingerprint density at radius 1 is 1.46 bits per heavy atom. The first kappa shape index (κ1) is 18.3. The molecule has 3 rings (SSSR count). The standard InChI is InChI=1S/C16H20F2N4O4/c1-16(2,14(17)18)26-15(23)24-7-9-3-6-12(25-9)10-4-5-11-13(19)20-8-21-22(10)11/h4-5,8-9,12,14H,3,6-7H2,1-2H3,(H2,19,20,21). The Labute approximate surface area is 148 Å². The maximum atomic E-state index is 12.7. The first-order valence-corrected chi connectivity index (χ1v) is 8.15. The van der Waals surface area contributed by atoms with Gasteiger partial charge in [-0.2, -0.15) is 5.10 Å². The van der Waals surface area contributed by atoms with E-state index in [1.54, 1.807) is 4.52 Å². The molecule has 0 saturated carbocycles. The van der Waals surface area contributed by atoms with E-state index in [1.165, 1.54) is 6.33 Å². The van der Waals surface area contributed by atoms with Gasteiger partial charge in [0.1, 0.15) is 24.6 Å². The van der Waals surface area contributed by atoms with Gasteiger partial charge in [0.15, 0.2) is 11.4 Å². The summed E-state index contributed by atoms with van der Waals surface area (Å²) in [6.07, 6.45) is -1.84. The fourth-order valence-corrected chi connectivity index (χ4v) is 2.71. The quantitative estimate of drug-likeness (QED) is 0.808. The Morgan fingerprint density at radius 3 is 2.96 bits per heavy atom. The number of carbonyl (C=O) groups is 1. The van der Waals surface area contributed by atoms with Gasteiger partial charge in [-0.3, -0.25) is 0 Å². The van der Waals surface area contributed by atoms with E-state index in [1.807, 2.05) is 12.1 Å². The normalized spacial score (nSPS) is 20.7. The van der Waals surface area contributed by atoms with E-state index in [0.717, 1.165) is 19.5 Å². The summed E-state index contributed by atoms with van der Waals surface area (Å²) >= 11 is 0. The number of halogens is 2. The van der Waals surface area contributed by atoms with Crippen molar-refractivity contribution < 1.29 is 27.8 Å². The molecule has 142 valence electrons. The second kappa shape index (κ2) is 7.02. The molecule has 1 fully saturated rings. The third-order valence-corrected chi connectivity index (χ3v) is 4.21. The molecule has 1 aliphatic rings. The zero-order valence-electron chi connectivity index (χ0n) is 14.4. The lowest BCUT2D eigenvalue weighted by Crippen LogP contribution is -2.36. The molecule has 0 amide bonds. The summed E-state index contributed by atoms with van der Waals surface area (Å²) in [5, 5.41) is 4.17. The van der Waals surface area contributed by atoms with Crippen molar-refractivity contribution in [2.45, 2.75) is 50.9 Å². The van der Waals surface area contributed by atoms with Crippen molar-refractivity contribution >= 4 is 17.5 Å². The number of carbonyl (C=O) groups excluding carboxylic acids is 1. The van der Waals surface area contributed by atoms with E-state index >= 15 is 0 Å². The fraction of sp³-hybridized carbons (Fsp3) is 0.562. The van der Waals surface area contributed by atoms with Crippen LogP contribution in [-0.4, -0.2) is 45.5 Å². The van der Waals surface area contributed by atoms with E-state index in [-0.39, 0.29) is 18.8 Å². The maximum absolute atomic E-state index is 12.7. The van der Waals surface area contributed by atoms with Gasteiger partial charge in [-0.25, -0.2) is 23.1 Å². The second-order valence-electron chi connectivity index (χ2n) is 6.59. The summed E-state index contributed by atoms with van der Waals surface area (Å²) in [5.74, 6) is 0.369. The highest BCUT2D eigenvalue weighted by Gasteiger charge is 2.35. The van der Waals surface area contributed by atoms with Crippen LogP contribution in [0.2, 0.25) is 0 Å². The molecule has 2 aromatic rings. The first-order chi connectivity index (χ1) is 12.3. The molecule has 0 radical (unpaired) electrons. The van der Waals surface area contributed by atoms with Crippen LogP contribution in [0.25, 0.3) is 5.52 Å². The minimum Gasteiger partial charge on any atom is -0.432 e. The SMILES string of the molecule is CC(C)(OC(=O)OCC1CCC(c2ccc3c(N)ncnn23)O1)C(F)F. The molecule has 10 heteroatoms. The van der Waals surface area contributed by atoms with Gasteiger partial charge >= 0.3 is 6.16 Å². The van der Waals surface area contributed by atoms with Gasteiger partial charge in [0.05, 0.1) is 11.8 Å². The molecular formula is C16H20F2N4O4. The van der Waals surface area contributed by atoms with Crippen LogP contribution in [-0.2, 0) is 14.2 Å². The number of nitrogens with two attached hydrogens (primary N) is 1. The van der Waals surface area contributed by atoms with Crippen LogP contribution in [0.3, 0.4) is 0 Å². The van der Waals surface area contributed by atoms with Gasteiger partial charge < -0.3 is 19.9 Å². The smallest absolute Gasteiger partial charge is 0.432 e. The molecule has 0 spiro atoms. The lowest BCUT2D eigenvalue weighted by Gasteiger charge is -2.23. The topological polar surface area (TPSA) is 101 Å². The van der Waals surface area contributed by atoms with E-state index in [0.29, 0.717) is 24.2 Å². The third kappa shape index (κ3) is 3.69. The molecular weight excluding hydrogens is 350 g/mol. The monoisotopic (exact) mass is 370 g/mol. The summed E-state index contributed by atoms with van der Waals surface area (Å²) in [4.78, 5) is 15.5. The first-order valence-electron chi connectivity index (χ1n) is 8.15. The predicted octanol–water partition coefficient (Wildman–Crippen LogP) is 2.73. The molecule has 2 unspecified atom stereocenters. The summed E-state index contributed by atoms with van der Waals surface area (Å²) in [6.45, 7) is 2.16. The maximum Gasteiger partial charge on any atom is 0.509 e. The van der Waals surface area contributed by atoms with Crippen LogP contribution in [0.4, 0.5) is 19.4 Å². The second-order valence-corrected chi connectivity index (χ2v) is 6.59. The average molecular weight is 370 g/mol. The Hall–Kier alpha value is -2.49. The minimum atomic E-state index is -2.81. The molecule has 1 aliphatic heterocycles. The Bertz CT molecular complexity index is 796. The lowest BCUT2D eigenvalue weighted by atomic mass is 10.1. The number of anilines is 1. The number of rotatable bonds is 5. The molecule has 2 aromatic heterocycles. The van der Waals surface area contributed by atoms with E-state index in [9.17, 15) is 13.6 Å². The molecule has 0 aromatic carbocycles. The van der Waals surface area contributed by atoms with Crippen molar-refractivity contribution in [3.63, 3.8) is 0 Å². The van der Waals surface area contributed by atoms with E-state index in [4.69, 9.17) is 15.2 Å². The Morgan fingerprint density at radius 2 is 2.23 bits per heavy atom. The Kier molecular flexibility index (Phi) is 4.94. The highest BCUT2D eigenvalue weighted by atomic mass is 19.3. The summed E-state index contributed by atoms with van der Waals surface area (Å²) in [5.41, 5.74) is 5.41. The summed E-state index contributed by atoms with van der Waals surface area (Å²) in [7, 11) is 0. The van der Waals surface area contributed by atoms with Crippen LogP contribution in [0.5, 0.6) is 0 Å². The van der Waals surface area contributed by atoms with Gasteiger partial charge in [-0.15, -0.1) is 0 Å². The lowest BCUT2D eigenvalue weighted by molar-refractivity contribution is -0.105. The fourth-order valence-electron chi connectivity index (χ4n) is 2.71. The van der Waals surface area contributed by atoms with Crippen molar-refractivity contribution in [2.24, 2.45) is 0 Å². The number of fused-ring (bicyclic) bond motifs is 1. The zero-order valence-corrected chi connectivity index (χ0v) is 14.4. The number of alkyl halides is 2. The Balaban J connectivity index is 1.56. The number of nitrogen functional groups attached to an aromatic ring is 1. The number of nitrogens with zero attached hydrogens (tertiary/aromatic N) is 3. The van der Waals surface area contributed by atoms with Crippen LogP contribution < -0.4 is 5.73 Å². The highest BCUT2D eigenvalue weighted by Crippen LogP contribution is 2.34. The van der Waals surface area contributed by atoms with Gasteiger partial charge in [-0.1, -0.05) is 0 Å². The molecule has 0 aliphatic carbocycles. The summed E-state index contributed by atoms with van der Waals surface area (Å²) in [6, 6.07) is 3.66. The predicted molar refractivity (Wildman–Crippen MR) is 86.8 cm³/mol. The molecule has 0 bridgehead atoms. The van der Waals surface area contributed by atoms with E-state index < -0.39 is 18.2 Å². The van der Waals surface area contributed by atoms with Crippen LogP contribution >= 0.6 is 0 Å². The largest absolute Gasteiger partial charge is 0.509 e. The summed E-state index contributed by atoms with van der Waals surface area (Å²) < 4.78 is 42.5. The average Bonchev–Trinajstić information content (AvgIpc) is 3.19. The van der Waals surface area contributed by atoms with Crippen LogP contribution in [0, 0.1) is 0 Å². The number of hydrogen-bond donors (Lipinski definition) is 1. The molecule has 2 atom stereocenters. The van der Waals surface area contributed by atoms with E-state index in [2.05, 4.69) is 14.8 Å². The number of ether oxygens (including phenoxy) is 3. The van der Waals surface area contributed by atoms with Gasteiger partial charge in [0.2, 0.25) is 0 Å². The number of hydrogen-bond acceptors (Lipinski definition) is 7. The van der Waals surface area contributed by atoms with Crippen molar-refractivity contribution in [3.8, 4) is 0 Å². The molecule has 3 heterocycles. The van der Waals surface area contributed by atoms with Crippen LogP contribution in [0.15, 0.2) is 18.5 Å².